The first-order chi connectivity index (χ1) is 15.1. The number of hydrogen-bond acceptors (Lipinski definition) is 0. The van der Waals surface area contributed by atoms with Crippen molar-refractivity contribution in [3.63, 3.8) is 0 Å². The summed E-state index contributed by atoms with van der Waals surface area (Å²) in [6.45, 7) is 14.2. The first kappa shape index (κ1) is 21.5. The van der Waals surface area contributed by atoms with Gasteiger partial charge in [0.2, 0.25) is 0 Å². The Kier molecular flexibility index (Phi) is 5.12. The standard InChI is InChI=1S/C32H38/c1-31(2,3)24-16-17-25-23(18-24)19-28-27(25)20-26(21-12-8-7-9-13-21)30(32(4,5)6)29(28)22-14-10-11-15-22/h10-11,14,16-20H,7-9,12-13,15H2,1-6H3. The van der Waals surface area contributed by atoms with Gasteiger partial charge in [-0.2, -0.15) is 0 Å². The normalized spacial score (nSPS) is 17.8. The third kappa shape index (κ3) is 3.62. The highest BCUT2D eigenvalue weighted by molar-refractivity contribution is 5.89. The molecular weight excluding hydrogens is 384 g/mol. The van der Waals surface area contributed by atoms with Crippen LogP contribution in [0.15, 0.2) is 42.5 Å². The summed E-state index contributed by atoms with van der Waals surface area (Å²) < 4.78 is 0. The summed E-state index contributed by atoms with van der Waals surface area (Å²) in [5, 5.41) is 3.01. The molecule has 0 aromatic heterocycles. The smallest absolute Gasteiger partial charge is 0.00881 e. The van der Waals surface area contributed by atoms with Crippen molar-refractivity contribution in [3.8, 4) is 11.1 Å². The van der Waals surface area contributed by atoms with Gasteiger partial charge < -0.3 is 0 Å². The Bertz CT molecular complexity index is 1260. The molecule has 0 saturated heterocycles. The number of rotatable bonds is 1. The van der Waals surface area contributed by atoms with Gasteiger partial charge in [-0.15, -0.1) is 0 Å². The molecule has 0 aliphatic heterocycles. The van der Waals surface area contributed by atoms with E-state index < -0.39 is 0 Å². The number of allylic oxidation sites excluding steroid dienone is 4. The van der Waals surface area contributed by atoms with E-state index in [9.17, 15) is 0 Å². The van der Waals surface area contributed by atoms with Gasteiger partial charge in [-0.1, -0.05) is 90.0 Å². The van der Waals surface area contributed by atoms with Crippen molar-refractivity contribution < 1.29 is 0 Å². The van der Waals surface area contributed by atoms with Crippen LogP contribution in [-0.2, 0) is 10.8 Å². The molecule has 5 rings (SSSR count). The lowest BCUT2D eigenvalue weighted by molar-refractivity contribution is 0.579. The van der Waals surface area contributed by atoms with Gasteiger partial charge in [-0.05, 0) is 104 Å². The maximum atomic E-state index is 2.57. The minimum absolute atomic E-state index is 0.104. The van der Waals surface area contributed by atoms with Crippen molar-refractivity contribution in [2.75, 3.05) is 0 Å². The van der Waals surface area contributed by atoms with E-state index in [1.807, 2.05) is 0 Å². The van der Waals surface area contributed by atoms with E-state index in [0.29, 0.717) is 0 Å². The van der Waals surface area contributed by atoms with Crippen LogP contribution in [0, 0.1) is 0 Å². The maximum absolute atomic E-state index is 2.57. The van der Waals surface area contributed by atoms with Crippen LogP contribution in [0.5, 0.6) is 0 Å². The molecular formula is C32H38. The largest absolute Gasteiger partial charge is 0.0801 e. The van der Waals surface area contributed by atoms with E-state index >= 15 is 0 Å². The molecule has 3 aliphatic carbocycles. The summed E-state index contributed by atoms with van der Waals surface area (Å²) in [6.07, 6.45) is 17.0. The molecule has 0 bridgehead atoms. The zero-order valence-electron chi connectivity index (χ0n) is 20.9. The summed E-state index contributed by atoms with van der Waals surface area (Å²) >= 11 is 0. The second-order valence-electron chi connectivity index (χ2n) is 12.1. The Morgan fingerprint density at radius 3 is 2.16 bits per heavy atom. The second kappa shape index (κ2) is 7.62. The van der Waals surface area contributed by atoms with Crippen LogP contribution in [0.2, 0.25) is 0 Å². The number of benzene rings is 2. The minimum Gasteiger partial charge on any atom is -0.0801 e. The predicted octanol–water partition coefficient (Wildman–Crippen LogP) is 7.55. The lowest BCUT2D eigenvalue weighted by Crippen LogP contribution is -2.32. The van der Waals surface area contributed by atoms with Crippen LogP contribution in [0.1, 0.15) is 102 Å². The molecule has 2 aromatic carbocycles. The predicted molar refractivity (Wildman–Crippen MR) is 140 cm³/mol. The Morgan fingerprint density at radius 2 is 1.53 bits per heavy atom. The van der Waals surface area contributed by atoms with Crippen molar-refractivity contribution in [2.24, 2.45) is 0 Å². The average Bonchev–Trinajstić information content (AvgIpc) is 3.39. The molecule has 1 saturated carbocycles. The first-order valence-corrected chi connectivity index (χ1v) is 12.6. The summed E-state index contributed by atoms with van der Waals surface area (Å²) in [7, 11) is 0. The minimum atomic E-state index is 0.104. The summed E-state index contributed by atoms with van der Waals surface area (Å²) in [5.74, 6) is 0. The fourth-order valence-electron chi connectivity index (χ4n) is 5.89. The molecule has 0 N–H and O–H groups in total. The second-order valence-corrected chi connectivity index (χ2v) is 12.1. The molecule has 0 heterocycles. The zero-order valence-corrected chi connectivity index (χ0v) is 20.9. The highest BCUT2D eigenvalue weighted by Crippen LogP contribution is 2.37. The monoisotopic (exact) mass is 422 g/mol. The molecule has 0 unspecified atom stereocenters. The van der Waals surface area contributed by atoms with Gasteiger partial charge in [-0.25, -0.2) is 0 Å². The third-order valence-corrected chi connectivity index (χ3v) is 7.56. The first-order valence-electron chi connectivity index (χ1n) is 12.6. The quantitative estimate of drug-likeness (QED) is 0.380. The van der Waals surface area contributed by atoms with Crippen LogP contribution in [-0.4, -0.2) is 0 Å². The molecule has 0 amide bonds. The third-order valence-electron chi connectivity index (χ3n) is 7.56. The van der Waals surface area contributed by atoms with E-state index in [4.69, 9.17) is 0 Å². The Labute approximate surface area is 194 Å². The average molecular weight is 423 g/mol. The lowest BCUT2D eigenvalue weighted by atomic mass is 9.76. The van der Waals surface area contributed by atoms with Crippen LogP contribution < -0.4 is 10.4 Å². The maximum Gasteiger partial charge on any atom is -0.00881 e. The van der Waals surface area contributed by atoms with E-state index in [1.54, 1.807) is 16.4 Å². The van der Waals surface area contributed by atoms with Crippen LogP contribution in [0.4, 0.5) is 0 Å². The fraction of sp³-hybridized carbons (Fsp3) is 0.438. The van der Waals surface area contributed by atoms with Gasteiger partial charge in [0.15, 0.2) is 0 Å². The lowest BCUT2D eigenvalue weighted by Gasteiger charge is -2.28. The van der Waals surface area contributed by atoms with Gasteiger partial charge in [0.05, 0.1) is 0 Å². The number of hydrogen-bond donors (Lipinski definition) is 0. The van der Waals surface area contributed by atoms with Crippen molar-refractivity contribution in [2.45, 2.75) is 90.9 Å². The Balaban J connectivity index is 1.88. The molecule has 166 valence electrons. The molecule has 2 aromatic rings. The molecule has 0 nitrogen and oxygen atoms in total. The molecule has 32 heavy (non-hydrogen) atoms. The van der Waals surface area contributed by atoms with Crippen molar-refractivity contribution in [1.29, 1.82) is 0 Å². The van der Waals surface area contributed by atoms with Crippen LogP contribution in [0.25, 0.3) is 28.3 Å². The van der Waals surface area contributed by atoms with Gasteiger partial charge in [0.1, 0.15) is 0 Å². The molecule has 0 spiro atoms. The fourth-order valence-corrected chi connectivity index (χ4v) is 5.89. The highest BCUT2D eigenvalue weighted by Gasteiger charge is 2.28. The molecule has 0 radical (unpaired) electrons. The van der Waals surface area contributed by atoms with Gasteiger partial charge in [0, 0.05) is 0 Å². The summed E-state index contributed by atoms with van der Waals surface area (Å²) in [4.78, 5) is 0. The Hall–Kier alpha value is -2.34. The number of fused-ring (bicyclic) bond motifs is 3. The van der Waals surface area contributed by atoms with Gasteiger partial charge in [0.25, 0.3) is 0 Å². The van der Waals surface area contributed by atoms with Crippen LogP contribution in [0.3, 0.4) is 0 Å². The van der Waals surface area contributed by atoms with Crippen molar-refractivity contribution >= 4 is 17.2 Å². The van der Waals surface area contributed by atoms with E-state index in [1.165, 1.54) is 70.7 Å². The SMILES string of the molecule is CC(C)(C)c1ccc2c(c1)C=c1c-2cc(=C2CCCCC2)c(C(C)(C)C)c1C1=CC=CC1. The van der Waals surface area contributed by atoms with E-state index in [2.05, 4.69) is 90.1 Å². The van der Waals surface area contributed by atoms with Gasteiger partial charge >= 0.3 is 0 Å². The van der Waals surface area contributed by atoms with E-state index in [-0.39, 0.29) is 10.8 Å². The zero-order chi connectivity index (χ0) is 22.7. The molecule has 3 aliphatic rings. The molecule has 0 atom stereocenters. The highest BCUT2D eigenvalue weighted by atomic mass is 14.3. The topological polar surface area (TPSA) is 0 Å². The Morgan fingerprint density at radius 1 is 0.781 bits per heavy atom. The van der Waals surface area contributed by atoms with Crippen molar-refractivity contribution in [1.82, 2.24) is 0 Å². The van der Waals surface area contributed by atoms with Gasteiger partial charge in [-0.3, -0.25) is 0 Å². The summed E-state index contributed by atoms with van der Waals surface area (Å²) in [6, 6.07) is 9.74. The molecule has 0 heteroatoms. The van der Waals surface area contributed by atoms with Crippen LogP contribution >= 0.6 is 0 Å². The molecule has 1 fully saturated rings. The van der Waals surface area contributed by atoms with E-state index in [0.717, 1.165) is 6.42 Å². The van der Waals surface area contributed by atoms with Crippen molar-refractivity contribution in [3.05, 3.63) is 75.2 Å². The summed E-state index contributed by atoms with van der Waals surface area (Å²) in [5.41, 5.74) is 12.2.